The van der Waals surface area contributed by atoms with Crippen LogP contribution in [0.25, 0.3) is 0 Å². The molecule has 0 aliphatic heterocycles. The van der Waals surface area contributed by atoms with Crippen molar-refractivity contribution in [3.63, 3.8) is 0 Å². The Morgan fingerprint density at radius 1 is 0.969 bits per heavy atom. The number of amidine groups is 1. The van der Waals surface area contributed by atoms with E-state index in [-0.39, 0.29) is 29.8 Å². The number of primary amides is 1. The van der Waals surface area contributed by atoms with Gasteiger partial charge in [0.1, 0.15) is 28.9 Å². The van der Waals surface area contributed by atoms with Gasteiger partial charge in [-0.3, -0.25) is 4.79 Å². The van der Waals surface area contributed by atoms with Gasteiger partial charge in [0, 0.05) is 5.56 Å². The largest absolute Gasteiger partial charge is 0.484 e. The first-order valence-corrected chi connectivity index (χ1v) is 9.81. The van der Waals surface area contributed by atoms with E-state index in [1.807, 2.05) is 0 Å². The van der Waals surface area contributed by atoms with Crippen molar-refractivity contribution >= 4 is 40.9 Å². The van der Waals surface area contributed by atoms with Gasteiger partial charge in [-0.25, -0.2) is 4.79 Å². The average molecular weight is 478 g/mol. The minimum absolute atomic E-state index is 0.0168. The van der Waals surface area contributed by atoms with Gasteiger partial charge in [-0.15, -0.1) is 0 Å². The molecule has 0 aliphatic rings. The Labute approximate surface area is 192 Å². The fraction of sp³-hybridized carbons (Fsp3) is 0.0952. The van der Waals surface area contributed by atoms with Crippen molar-refractivity contribution < 1.29 is 28.3 Å². The molecule has 0 atom stereocenters. The first-order chi connectivity index (χ1) is 15.3. The lowest BCUT2D eigenvalue weighted by atomic mass is 10.2. The first-order valence-electron chi connectivity index (χ1n) is 9.05. The van der Waals surface area contributed by atoms with Gasteiger partial charge in [0.05, 0.1) is 5.02 Å². The zero-order valence-electron chi connectivity index (χ0n) is 16.4. The van der Waals surface area contributed by atoms with E-state index in [0.717, 1.165) is 0 Å². The number of carbonyl (C=O) groups excluding carboxylic acids is 2. The number of furan rings is 1. The van der Waals surface area contributed by atoms with Crippen molar-refractivity contribution in [2.75, 3.05) is 6.61 Å². The number of carbonyl (C=O) groups is 2. The number of nitrogens with zero attached hydrogens (tertiary/aromatic N) is 1. The Hall–Kier alpha value is -3.69. The molecule has 11 heteroatoms. The number of benzene rings is 2. The van der Waals surface area contributed by atoms with Gasteiger partial charge in [-0.05, 0) is 48.5 Å². The lowest BCUT2D eigenvalue weighted by Crippen LogP contribution is -2.20. The van der Waals surface area contributed by atoms with E-state index in [9.17, 15) is 9.59 Å². The Morgan fingerprint density at radius 3 is 2.44 bits per heavy atom. The molecule has 0 saturated heterocycles. The summed E-state index contributed by atoms with van der Waals surface area (Å²) in [6.07, 6.45) is 0. The van der Waals surface area contributed by atoms with Gasteiger partial charge in [0.15, 0.2) is 12.4 Å². The Kier molecular flexibility index (Phi) is 7.58. The molecular weight excluding hydrogens is 461 g/mol. The SMILES string of the molecule is NC(=O)COc1ccc(/C(N)=N/OC(=O)c2ccc(COc3cccc(Cl)c3Cl)o2)cc1. The number of halogens is 2. The maximum absolute atomic E-state index is 12.1. The molecule has 0 bridgehead atoms. The predicted octanol–water partition coefficient (Wildman–Crippen LogP) is 3.51. The van der Waals surface area contributed by atoms with E-state index in [1.54, 1.807) is 48.5 Å². The summed E-state index contributed by atoms with van der Waals surface area (Å²) in [7, 11) is 0. The van der Waals surface area contributed by atoms with Crippen molar-refractivity contribution in [3.8, 4) is 11.5 Å². The molecular formula is C21H17Cl2N3O6. The highest BCUT2D eigenvalue weighted by Gasteiger charge is 2.15. The quantitative estimate of drug-likeness (QED) is 0.208. The van der Waals surface area contributed by atoms with Crippen LogP contribution < -0.4 is 20.9 Å². The van der Waals surface area contributed by atoms with Crippen LogP contribution in [0, 0.1) is 0 Å². The summed E-state index contributed by atoms with van der Waals surface area (Å²) in [5.74, 6) is -0.427. The monoisotopic (exact) mass is 477 g/mol. The summed E-state index contributed by atoms with van der Waals surface area (Å²) in [5.41, 5.74) is 11.3. The second-order valence-electron chi connectivity index (χ2n) is 6.24. The van der Waals surface area contributed by atoms with Crippen LogP contribution in [-0.2, 0) is 16.2 Å². The fourth-order valence-electron chi connectivity index (χ4n) is 2.37. The number of nitrogens with two attached hydrogens (primary N) is 2. The normalized spacial score (nSPS) is 11.1. The topological polar surface area (TPSA) is 139 Å². The van der Waals surface area contributed by atoms with Gasteiger partial charge in [0.25, 0.3) is 5.91 Å². The lowest BCUT2D eigenvalue weighted by Gasteiger charge is -2.07. The maximum Gasteiger partial charge on any atom is 0.400 e. The summed E-state index contributed by atoms with van der Waals surface area (Å²) < 4.78 is 16.1. The number of amides is 1. The maximum atomic E-state index is 12.1. The lowest BCUT2D eigenvalue weighted by molar-refractivity contribution is -0.119. The van der Waals surface area contributed by atoms with Gasteiger partial charge < -0.3 is 30.2 Å². The summed E-state index contributed by atoms with van der Waals surface area (Å²) in [6, 6.07) is 14.2. The van der Waals surface area contributed by atoms with Crippen LogP contribution in [0.4, 0.5) is 0 Å². The van der Waals surface area contributed by atoms with E-state index in [0.29, 0.717) is 27.8 Å². The second-order valence-corrected chi connectivity index (χ2v) is 7.03. The van der Waals surface area contributed by atoms with Crippen LogP contribution in [0.3, 0.4) is 0 Å². The van der Waals surface area contributed by atoms with Crippen molar-refractivity contribution in [1.29, 1.82) is 0 Å². The molecule has 9 nitrogen and oxygen atoms in total. The third-order valence-corrected chi connectivity index (χ3v) is 4.71. The molecule has 166 valence electrons. The number of hydrogen-bond acceptors (Lipinski definition) is 7. The summed E-state index contributed by atoms with van der Waals surface area (Å²) >= 11 is 12.0. The van der Waals surface area contributed by atoms with E-state index >= 15 is 0 Å². The molecule has 1 heterocycles. The summed E-state index contributed by atoms with van der Waals surface area (Å²) in [5, 5.41) is 4.24. The van der Waals surface area contributed by atoms with Crippen LogP contribution in [-0.4, -0.2) is 24.3 Å². The molecule has 2 aromatic carbocycles. The highest BCUT2D eigenvalue weighted by atomic mass is 35.5. The van der Waals surface area contributed by atoms with E-state index in [1.165, 1.54) is 6.07 Å². The third kappa shape index (κ3) is 6.16. The molecule has 1 amide bonds. The van der Waals surface area contributed by atoms with Crippen LogP contribution in [0.1, 0.15) is 21.9 Å². The fourth-order valence-corrected chi connectivity index (χ4v) is 2.72. The van der Waals surface area contributed by atoms with E-state index < -0.39 is 11.9 Å². The molecule has 1 aromatic heterocycles. The molecule has 32 heavy (non-hydrogen) atoms. The number of ether oxygens (including phenoxy) is 2. The standard InChI is InChI=1S/C21H17Cl2N3O6/c22-15-2-1-3-16(19(15)23)30-10-14-8-9-17(31-14)21(28)32-26-20(25)12-4-6-13(7-5-12)29-11-18(24)27/h1-9H,10-11H2,(H2,24,27)(H2,25,26). The zero-order chi connectivity index (χ0) is 23.1. The van der Waals surface area contributed by atoms with Crippen LogP contribution in [0.5, 0.6) is 11.5 Å². The van der Waals surface area contributed by atoms with Crippen LogP contribution in [0.15, 0.2) is 64.2 Å². The second kappa shape index (κ2) is 10.6. The van der Waals surface area contributed by atoms with Gasteiger partial charge in [0.2, 0.25) is 5.76 Å². The minimum atomic E-state index is -0.846. The van der Waals surface area contributed by atoms with Crippen molar-refractivity contribution in [3.05, 3.63) is 81.7 Å². The van der Waals surface area contributed by atoms with E-state index in [2.05, 4.69) is 5.16 Å². The Balaban J connectivity index is 1.55. The molecule has 0 fully saturated rings. The molecule has 0 aliphatic carbocycles. The van der Waals surface area contributed by atoms with Crippen molar-refractivity contribution in [2.24, 2.45) is 16.6 Å². The number of hydrogen-bond donors (Lipinski definition) is 2. The summed E-state index contributed by atoms with van der Waals surface area (Å²) in [4.78, 5) is 27.7. The highest BCUT2D eigenvalue weighted by Crippen LogP contribution is 2.32. The molecule has 3 rings (SSSR count). The first kappa shape index (κ1) is 23.0. The molecule has 0 radical (unpaired) electrons. The number of oxime groups is 1. The smallest absolute Gasteiger partial charge is 0.400 e. The van der Waals surface area contributed by atoms with Crippen LogP contribution >= 0.6 is 23.2 Å². The van der Waals surface area contributed by atoms with Crippen molar-refractivity contribution in [2.45, 2.75) is 6.61 Å². The number of rotatable bonds is 9. The zero-order valence-corrected chi connectivity index (χ0v) is 17.9. The predicted molar refractivity (Wildman–Crippen MR) is 117 cm³/mol. The average Bonchev–Trinajstić information content (AvgIpc) is 3.26. The molecule has 0 spiro atoms. The van der Waals surface area contributed by atoms with E-state index in [4.69, 9.17) is 53.4 Å². The van der Waals surface area contributed by atoms with Crippen LogP contribution in [0.2, 0.25) is 10.0 Å². The summed E-state index contributed by atoms with van der Waals surface area (Å²) in [6.45, 7) is -0.230. The third-order valence-electron chi connectivity index (χ3n) is 3.91. The molecule has 3 aromatic rings. The van der Waals surface area contributed by atoms with Gasteiger partial charge >= 0.3 is 5.97 Å². The molecule has 0 saturated carbocycles. The molecule has 0 unspecified atom stereocenters. The van der Waals surface area contributed by atoms with Gasteiger partial charge in [-0.1, -0.05) is 34.4 Å². The molecule has 4 N–H and O–H groups in total. The Morgan fingerprint density at radius 2 is 1.72 bits per heavy atom. The minimum Gasteiger partial charge on any atom is -0.484 e. The van der Waals surface area contributed by atoms with Gasteiger partial charge in [-0.2, -0.15) is 0 Å². The highest BCUT2D eigenvalue weighted by molar-refractivity contribution is 6.42. The van der Waals surface area contributed by atoms with Crippen molar-refractivity contribution in [1.82, 2.24) is 0 Å². The Bertz CT molecular complexity index is 1140.